The molecule has 0 spiro atoms. The molecule has 0 fully saturated rings. The number of aryl methyl sites for hydroxylation is 2. The molecule has 0 atom stereocenters. The van der Waals surface area contributed by atoms with Crippen LogP contribution >= 0.6 is 0 Å². The number of ether oxygens (including phenoxy) is 2. The quantitative estimate of drug-likeness (QED) is 0.643. The number of rotatable bonds is 5. The Morgan fingerprint density at radius 2 is 1.92 bits per heavy atom. The molecule has 0 aliphatic rings. The van der Waals surface area contributed by atoms with E-state index in [4.69, 9.17) is 13.9 Å². The molecule has 0 unspecified atom stereocenters. The summed E-state index contributed by atoms with van der Waals surface area (Å²) in [6.07, 6.45) is 3.09. The van der Waals surface area contributed by atoms with Gasteiger partial charge >= 0.3 is 0 Å². The standard InChI is InChI=1S/C20H20N2O4/c1-11-10-16(24-4)19-18(20(11)25-5)17(15-9-7-13(3)26-15)14(21-22-19)8-6-12(2)23/h6-10H,1-5H3/b8-6+. The molecule has 0 N–H and O–H groups in total. The fourth-order valence-corrected chi connectivity index (χ4v) is 2.92. The summed E-state index contributed by atoms with van der Waals surface area (Å²) in [5.74, 6) is 2.57. The smallest absolute Gasteiger partial charge is 0.152 e. The van der Waals surface area contributed by atoms with E-state index in [2.05, 4.69) is 10.2 Å². The third-order valence-corrected chi connectivity index (χ3v) is 4.05. The first-order chi connectivity index (χ1) is 12.5. The summed E-state index contributed by atoms with van der Waals surface area (Å²) in [5.41, 5.74) is 2.70. The highest BCUT2D eigenvalue weighted by Crippen LogP contribution is 2.42. The van der Waals surface area contributed by atoms with Gasteiger partial charge < -0.3 is 13.9 Å². The second-order valence-electron chi connectivity index (χ2n) is 5.97. The van der Waals surface area contributed by atoms with Gasteiger partial charge in [-0.3, -0.25) is 4.79 Å². The molecule has 2 aromatic heterocycles. The van der Waals surface area contributed by atoms with Gasteiger partial charge in [-0.05, 0) is 56.7 Å². The molecule has 26 heavy (non-hydrogen) atoms. The lowest BCUT2D eigenvalue weighted by Gasteiger charge is -2.15. The van der Waals surface area contributed by atoms with Crippen LogP contribution in [0.25, 0.3) is 28.3 Å². The first-order valence-corrected chi connectivity index (χ1v) is 8.13. The Morgan fingerprint density at radius 3 is 2.50 bits per heavy atom. The molecule has 0 saturated carbocycles. The minimum Gasteiger partial charge on any atom is -0.496 e. The van der Waals surface area contributed by atoms with E-state index in [9.17, 15) is 4.79 Å². The summed E-state index contributed by atoms with van der Waals surface area (Å²) in [4.78, 5) is 11.4. The van der Waals surface area contributed by atoms with E-state index >= 15 is 0 Å². The summed E-state index contributed by atoms with van der Waals surface area (Å²) in [7, 11) is 3.19. The fraction of sp³-hybridized carbons (Fsp3) is 0.250. The van der Waals surface area contributed by atoms with Crippen LogP contribution in [-0.2, 0) is 4.79 Å². The first kappa shape index (κ1) is 17.7. The van der Waals surface area contributed by atoms with Gasteiger partial charge in [-0.25, -0.2) is 0 Å². The summed E-state index contributed by atoms with van der Waals surface area (Å²) in [5, 5.41) is 9.34. The molecular formula is C20H20N2O4. The minimum atomic E-state index is -0.0812. The molecule has 0 amide bonds. The number of fused-ring (bicyclic) bond motifs is 1. The summed E-state index contributed by atoms with van der Waals surface area (Å²) in [6.45, 7) is 5.29. The summed E-state index contributed by atoms with van der Waals surface area (Å²) in [6, 6.07) is 5.60. The van der Waals surface area contributed by atoms with Crippen molar-refractivity contribution < 1.29 is 18.7 Å². The summed E-state index contributed by atoms with van der Waals surface area (Å²) >= 11 is 0. The van der Waals surface area contributed by atoms with Gasteiger partial charge in [0, 0.05) is 0 Å². The van der Waals surface area contributed by atoms with Crippen molar-refractivity contribution in [1.29, 1.82) is 0 Å². The largest absolute Gasteiger partial charge is 0.496 e. The van der Waals surface area contributed by atoms with Crippen LogP contribution in [-0.4, -0.2) is 30.2 Å². The number of hydrogen-bond acceptors (Lipinski definition) is 6. The number of aromatic nitrogens is 2. The molecule has 134 valence electrons. The van der Waals surface area contributed by atoms with Gasteiger partial charge in [0.2, 0.25) is 0 Å². The molecule has 1 aromatic carbocycles. The van der Waals surface area contributed by atoms with E-state index < -0.39 is 0 Å². The summed E-state index contributed by atoms with van der Waals surface area (Å²) < 4.78 is 17.0. The number of benzene rings is 1. The SMILES string of the molecule is COc1cc(C)c(OC)c2c(-c3ccc(C)o3)c(/C=C/C(C)=O)nnc12. The van der Waals surface area contributed by atoms with E-state index in [1.54, 1.807) is 20.3 Å². The molecule has 0 aliphatic heterocycles. The van der Waals surface area contributed by atoms with Gasteiger partial charge in [0.05, 0.1) is 30.9 Å². The van der Waals surface area contributed by atoms with Crippen LogP contribution in [0.5, 0.6) is 11.5 Å². The monoisotopic (exact) mass is 352 g/mol. The number of furan rings is 1. The van der Waals surface area contributed by atoms with Crippen LogP contribution < -0.4 is 9.47 Å². The topological polar surface area (TPSA) is 74.5 Å². The van der Waals surface area contributed by atoms with Gasteiger partial charge in [-0.2, -0.15) is 0 Å². The van der Waals surface area contributed by atoms with Crippen molar-refractivity contribution in [2.75, 3.05) is 14.2 Å². The zero-order valence-corrected chi connectivity index (χ0v) is 15.4. The predicted octanol–water partition coefficient (Wildman–Crippen LogP) is 4.13. The van der Waals surface area contributed by atoms with Gasteiger partial charge in [0.25, 0.3) is 0 Å². The van der Waals surface area contributed by atoms with Crippen molar-refractivity contribution in [3.63, 3.8) is 0 Å². The zero-order valence-electron chi connectivity index (χ0n) is 15.4. The van der Waals surface area contributed by atoms with Gasteiger partial charge in [0.15, 0.2) is 5.78 Å². The minimum absolute atomic E-state index is 0.0812. The molecule has 0 radical (unpaired) electrons. The maximum absolute atomic E-state index is 11.4. The van der Waals surface area contributed by atoms with Crippen molar-refractivity contribution in [2.24, 2.45) is 0 Å². The number of methoxy groups -OCH3 is 2. The van der Waals surface area contributed by atoms with E-state index in [0.717, 1.165) is 16.7 Å². The Balaban J connectivity index is 2.48. The third kappa shape index (κ3) is 3.06. The lowest BCUT2D eigenvalue weighted by Crippen LogP contribution is -2.00. The second-order valence-corrected chi connectivity index (χ2v) is 5.97. The Hall–Kier alpha value is -3.15. The molecular weight excluding hydrogens is 332 g/mol. The number of carbonyl (C=O) groups excluding carboxylic acids is 1. The zero-order chi connectivity index (χ0) is 18.8. The van der Waals surface area contributed by atoms with Crippen LogP contribution in [0, 0.1) is 13.8 Å². The van der Waals surface area contributed by atoms with Gasteiger partial charge in [-0.15, -0.1) is 10.2 Å². The van der Waals surface area contributed by atoms with Crippen molar-refractivity contribution >= 4 is 22.8 Å². The van der Waals surface area contributed by atoms with Crippen molar-refractivity contribution in [3.8, 4) is 22.8 Å². The number of hydrogen-bond donors (Lipinski definition) is 0. The van der Waals surface area contributed by atoms with E-state index in [1.165, 1.54) is 13.0 Å². The predicted molar refractivity (Wildman–Crippen MR) is 99.5 cm³/mol. The average Bonchev–Trinajstić information content (AvgIpc) is 3.04. The number of carbonyl (C=O) groups is 1. The molecule has 3 rings (SSSR count). The molecule has 6 nitrogen and oxygen atoms in total. The van der Waals surface area contributed by atoms with E-state index in [0.29, 0.717) is 34.0 Å². The number of nitrogens with zero attached hydrogens (tertiary/aromatic N) is 2. The molecule has 3 aromatic rings. The lowest BCUT2D eigenvalue weighted by atomic mass is 10.0. The van der Waals surface area contributed by atoms with Crippen molar-refractivity contribution in [1.82, 2.24) is 10.2 Å². The third-order valence-electron chi connectivity index (χ3n) is 4.05. The van der Waals surface area contributed by atoms with Crippen LogP contribution in [0.15, 0.2) is 28.7 Å². The maximum Gasteiger partial charge on any atom is 0.152 e. The Kier molecular flexibility index (Phi) is 4.75. The maximum atomic E-state index is 11.4. The van der Waals surface area contributed by atoms with E-state index in [-0.39, 0.29) is 5.78 Å². The lowest BCUT2D eigenvalue weighted by molar-refractivity contribution is -0.112. The molecule has 0 aliphatic carbocycles. The molecule has 6 heteroatoms. The Bertz CT molecular complexity index is 1020. The average molecular weight is 352 g/mol. The van der Waals surface area contributed by atoms with Crippen LogP contribution in [0.3, 0.4) is 0 Å². The number of allylic oxidation sites excluding steroid dienone is 1. The van der Waals surface area contributed by atoms with Crippen LogP contribution in [0.4, 0.5) is 0 Å². The van der Waals surface area contributed by atoms with Crippen LogP contribution in [0.1, 0.15) is 23.9 Å². The van der Waals surface area contributed by atoms with Crippen molar-refractivity contribution in [3.05, 3.63) is 41.3 Å². The van der Waals surface area contributed by atoms with Gasteiger partial charge in [0.1, 0.15) is 28.5 Å². The van der Waals surface area contributed by atoms with E-state index in [1.807, 2.05) is 32.0 Å². The Morgan fingerprint density at radius 1 is 1.15 bits per heavy atom. The highest BCUT2D eigenvalue weighted by atomic mass is 16.5. The highest BCUT2D eigenvalue weighted by molar-refractivity contribution is 6.04. The highest BCUT2D eigenvalue weighted by Gasteiger charge is 2.22. The first-order valence-electron chi connectivity index (χ1n) is 8.13. The van der Waals surface area contributed by atoms with Crippen molar-refractivity contribution in [2.45, 2.75) is 20.8 Å². The normalized spacial score (nSPS) is 11.3. The number of ketones is 1. The Labute approximate surface area is 151 Å². The van der Waals surface area contributed by atoms with Crippen LogP contribution in [0.2, 0.25) is 0 Å². The molecule has 0 bridgehead atoms. The van der Waals surface area contributed by atoms with Gasteiger partial charge in [-0.1, -0.05) is 0 Å². The second kappa shape index (κ2) is 7.00. The molecule has 2 heterocycles. The fourth-order valence-electron chi connectivity index (χ4n) is 2.92. The molecule has 0 saturated heterocycles.